The number of nitro benzene ring substituents is 2. The molecule has 1 aromatic carbocycles. The number of aliphatic hydroxyl groups is 3. The summed E-state index contributed by atoms with van der Waals surface area (Å²) in [6, 6.07) is 0.790. The zero-order valence-electron chi connectivity index (χ0n) is 17.5. The van der Waals surface area contributed by atoms with E-state index < -0.39 is 75.2 Å². The van der Waals surface area contributed by atoms with Gasteiger partial charge < -0.3 is 30.7 Å². The summed E-state index contributed by atoms with van der Waals surface area (Å²) in [5.41, 5.74) is -1.47. The zero-order chi connectivity index (χ0) is 24.6. The third kappa shape index (κ3) is 4.56. The van der Waals surface area contributed by atoms with Gasteiger partial charge in [0.05, 0.1) is 39.7 Å². The standard InChI is InChI=1S/C19H22N4O10/c1-7(20-10-4-3-9(22(29)30)5-11(10)23(31)32)18(27)21-16-8(2)33-19(28)14-12(24)6-13(25)17(26)15(14)16/h3-5,7-8,13,15-17,20,24-26H,6H2,1-2H3,(H,21,27). The van der Waals surface area contributed by atoms with Gasteiger partial charge in [0.1, 0.15) is 23.6 Å². The Bertz CT molecular complexity index is 1040. The maximum atomic E-state index is 12.8. The molecule has 2 aliphatic rings. The van der Waals surface area contributed by atoms with Crippen LogP contribution in [0.1, 0.15) is 20.3 Å². The van der Waals surface area contributed by atoms with Gasteiger partial charge in [-0.1, -0.05) is 0 Å². The highest BCUT2D eigenvalue weighted by molar-refractivity contribution is 5.92. The fraction of sp³-hybridized carbons (Fsp3) is 0.474. The topological polar surface area (TPSA) is 214 Å². The molecular formula is C19H22N4O10. The molecule has 1 aromatic rings. The number of nitro groups is 2. The van der Waals surface area contributed by atoms with Crippen molar-refractivity contribution in [3.8, 4) is 0 Å². The largest absolute Gasteiger partial charge is 0.512 e. The van der Waals surface area contributed by atoms with E-state index in [0.29, 0.717) is 0 Å². The molecule has 6 atom stereocenters. The number of fused-ring (bicyclic) bond motifs is 1. The van der Waals surface area contributed by atoms with Crippen molar-refractivity contribution in [1.82, 2.24) is 5.32 Å². The summed E-state index contributed by atoms with van der Waals surface area (Å²) >= 11 is 0. The molecule has 1 amide bonds. The first-order valence-corrected chi connectivity index (χ1v) is 9.91. The van der Waals surface area contributed by atoms with Gasteiger partial charge in [0.15, 0.2) is 0 Å². The van der Waals surface area contributed by atoms with Gasteiger partial charge in [-0.2, -0.15) is 0 Å². The van der Waals surface area contributed by atoms with Gasteiger partial charge in [-0.15, -0.1) is 0 Å². The van der Waals surface area contributed by atoms with Crippen molar-refractivity contribution in [2.75, 3.05) is 5.32 Å². The summed E-state index contributed by atoms with van der Waals surface area (Å²) in [5, 5.41) is 58.0. The Labute approximate surface area is 186 Å². The van der Waals surface area contributed by atoms with Crippen LogP contribution in [0, 0.1) is 26.1 Å². The van der Waals surface area contributed by atoms with Gasteiger partial charge in [-0.3, -0.25) is 25.0 Å². The highest BCUT2D eigenvalue weighted by Crippen LogP contribution is 2.38. The highest BCUT2D eigenvalue weighted by Gasteiger charge is 2.51. The molecule has 1 aliphatic heterocycles. The lowest BCUT2D eigenvalue weighted by molar-refractivity contribution is -0.393. The molecular weight excluding hydrogens is 444 g/mol. The molecule has 1 heterocycles. The number of aliphatic hydroxyl groups excluding tert-OH is 3. The Balaban J connectivity index is 1.82. The average molecular weight is 466 g/mol. The van der Waals surface area contributed by atoms with Crippen LogP contribution in [0.4, 0.5) is 17.1 Å². The van der Waals surface area contributed by atoms with Gasteiger partial charge in [0.2, 0.25) is 5.91 Å². The van der Waals surface area contributed by atoms with Gasteiger partial charge >= 0.3 is 5.97 Å². The van der Waals surface area contributed by atoms with E-state index in [9.17, 15) is 45.1 Å². The molecule has 0 bridgehead atoms. The molecule has 0 radical (unpaired) electrons. The van der Waals surface area contributed by atoms with Crippen molar-refractivity contribution in [1.29, 1.82) is 0 Å². The van der Waals surface area contributed by atoms with Crippen molar-refractivity contribution in [2.45, 2.75) is 50.7 Å². The smallest absolute Gasteiger partial charge is 0.338 e. The molecule has 178 valence electrons. The first-order valence-electron chi connectivity index (χ1n) is 9.91. The van der Waals surface area contributed by atoms with Crippen LogP contribution < -0.4 is 10.6 Å². The third-order valence-electron chi connectivity index (χ3n) is 5.68. The number of hydrogen-bond donors (Lipinski definition) is 5. The van der Waals surface area contributed by atoms with Crippen molar-refractivity contribution >= 4 is 28.9 Å². The molecule has 14 heteroatoms. The fourth-order valence-corrected chi connectivity index (χ4v) is 3.98. The number of esters is 1. The summed E-state index contributed by atoms with van der Waals surface area (Å²) in [6.45, 7) is 2.84. The highest BCUT2D eigenvalue weighted by atomic mass is 16.6. The van der Waals surface area contributed by atoms with Crippen LogP contribution in [0.25, 0.3) is 0 Å². The number of amides is 1. The zero-order valence-corrected chi connectivity index (χ0v) is 17.5. The Morgan fingerprint density at radius 1 is 1.24 bits per heavy atom. The third-order valence-corrected chi connectivity index (χ3v) is 5.68. The van der Waals surface area contributed by atoms with E-state index >= 15 is 0 Å². The van der Waals surface area contributed by atoms with Crippen LogP contribution in [-0.2, 0) is 14.3 Å². The molecule has 6 unspecified atom stereocenters. The number of cyclic esters (lactones) is 1. The lowest BCUT2D eigenvalue weighted by atomic mass is 9.74. The summed E-state index contributed by atoms with van der Waals surface area (Å²) in [7, 11) is 0. The van der Waals surface area contributed by atoms with Crippen LogP contribution in [0.2, 0.25) is 0 Å². The number of rotatable bonds is 6. The van der Waals surface area contributed by atoms with Crippen LogP contribution in [0.15, 0.2) is 29.5 Å². The molecule has 1 aliphatic carbocycles. The number of non-ortho nitro benzene ring substituents is 1. The molecule has 14 nitrogen and oxygen atoms in total. The molecule has 1 saturated heterocycles. The van der Waals surface area contributed by atoms with Crippen LogP contribution in [0.5, 0.6) is 0 Å². The number of carbonyl (C=O) groups excluding carboxylic acids is 2. The number of carbonyl (C=O) groups is 2. The Morgan fingerprint density at radius 2 is 1.91 bits per heavy atom. The number of nitrogens with zero attached hydrogens (tertiary/aromatic N) is 2. The first-order chi connectivity index (χ1) is 15.4. The average Bonchev–Trinajstić information content (AvgIpc) is 2.73. The van der Waals surface area contributed by atoms with Gasteiger partial charge in [-0.25, -0.2) is 4.79 Å². The van der Waals surface area contributed by atoms with E-state index in [-0.39, 0.29) is 17.7 Å². The SMILES string of the molecule is CC(Nc1ccc([N+](=O)[O-])cc1[N+](=O)[O-])C(=O)NC1C(C)OC(=O)C2=C(O)CC(O)C(O)C21. The Hall–Kier alpha value is -3.78. The minimum Gasteiger partial charge on any atom is -0.512 e. The maximum Gasteiger partial charge on any atom is 0.338 e. The number of nitrogens with one attached hydrogen (secondary N) is 2. The maximum absolute atomic E-state index is 12.8. The second kappa shape index (κ2) is 8.99. The first kappa shape index (κ1) is 23.9. The second-order valence-corrected chi connectivity index (χ2v) is 7.87. The molecule has 3 rings (SSSR count). The van der Waals surface area contributed by atoms with E-state index in [1.165, 1.54) is 13.8 Å². The van der Waals surface area contributed by atoms with E-state index in [1.54, 1.807) is 0 Å². The lowest BCUT2D eigenvalue weighted by Crippen LogP contribution is -2.61. The quantitative estimate of drug-likeness (QED) is 0.218. The minimum absolute atomic E-state index is 0.136. The summed E-state index contributed by atoms with van der Waals surface area (Å²) < 4.78 is 5.17. The Kier molecular flexibility index (Phi) is 6.51. The number of anilines is 1. The molecule has 0 aromatic heterocycles. The van der Waals surface area contributed by atoms with Crippen molar-refractivity contribution < 1.29 is 39.5 Å². The summed E-state index contributed by atoms with van der Waals surface area (Å²) in [4.78, 5) is 45.6. The van der Waals surface area contributed by atoms with Crippen molar-refractivity contribution in [3.63, 3.8) is 0 Å². The fourth-order valence-electron chi connectivity index (χ4n) is 3.98. The lowest BCUT2D eigenvalue weighted by Gasteiger charge is -2.43. The molecule has 0 saturated carbocycles. The van der Waals surface area contributed by atoms with E-state index in [2.05, 4.69) is 10.6 Å². The van der Waals surface area contributed by atoms with Crippen LogP contribution >= 0.6 is 0 Å². The molecule has 0 spiro atoms. The van der Waals surface area contributed by atoms with E-state index in [4.69, 9.17) is 4.74 Å². The van der Waals surface area contributed by atoms with E-state index in [0.717, 1.165) is 18.2 Å². The van der Waals surface area contributed by atoms with E-state index in [1.807, 2.05) is 0 Å². The van der Waals surface area contributed by atoms with Crippen LogP contribution in [0.3, 0.4) is 0 Å². The predicted octanol–water partition coefficient (Wildman–Crippen LogP) is 0.287. The Morgan fingerprint density at radius 3 is 2.52 bits per heavy atom. The van der Waals surface area contributed by atoms with Crippen LogP contribution in [-0.4, -0.2) is 67.4 Å². The van der Waals surface area contributed by atoms with Crippen molar-refractivity contribution in [2.24, 2.45) is 5.92 Å². The normalized spacial score (nSPS) is 27.8. The number of benzene rings is 1. The minimum atomic E-state index is -1.46. The van der Waals surface area contributed by atoms with Crippen molar-refractivity contribution in [3.05, 3.63) is 49.8 Å². The molecule has 5 N–H and O–H groups in total. The molecule has 33 heavy (non-hydrogen) atoms. The van der Waals surface area contributed by atoms with Gasteiger partial charge in [0.25, 0.3) is 11.4 Å². The van der Waals surface area contributed by atoms with Gasteiger partial charge in [0, 0.05) is 18.4 Å². The summed E-state index contributed by atoms with van der Waals surface area (Å²) in [6.07, 6.45) is -4.10. The second-order valence-electron chi connectivity index (χ2n) is 7.87. The predicted molar refractivity (Wildman–Crippen MR) is 110 cm³/mol. The van der Waals surface area contributed by atoms with Gasteiger partial charge in [-0.05, 0) is 19.9 Å². The monoisotopic (exact) mass is 466 g/mol. The number of ether oxygens (including phenoxy) is 1. The number of hydrogen-bond acceptors (Lipinski definition) is 11. The summed E-state index contributed by atoms with van der Waals surface area (Å²) in [5.74, 6) is -3.16. The molecule has 1 fully saturated rings.